The number of nitrogens with one attached hydrogen (secondary N) is 1. The van der Waals surface area contributed by atoms with Crippen molar-refractivity contribution in [1.82, 2.24) is 10.3 Å². The Morgan fingerprint density at radius 3 is 2.78 bits per heavy atom. The molecule has 1 saturated heterocycles. The van der Waals surface area contributed by atoms with Gasteiger partial charge in [0, 0.05) is 12.2 Å². The second-order valence-corrected chi connectivity index (χ2v) is 6.74. The molecule has 2 aliphatic rings. The van der Waals surface area contributed by atoms with Crippen molar-refractivity contribution in [1.29, 1.82) is 0 Å². The largest absolute Gasteiger partial charge is 0.490 e. The van der Waals surface area contributed by atoms with Gasteiger partial charge in [-0.1, -0.05) is 18.2 Å². The molecule has 3 nitrogen and oxygen atoms in total. The first kappa shape index (κ1) is 14.7. The molecule has 1 N–H and O–H groups in total. The normalized spacial score (nSPS) is 19.2. The molecule has 0 bridgehead atoms. The third-order valence-corrected chi connectivity index (χ3v) is 5.01. The molecule has 23 heavy (non-hydrogen) atoms. The average molecular weight is 308 g/mol. The van der Waals surface area contributed by atoms with Crippen LogP contribution in [0.15, 0.2) is 36.7 Å². The molecular weight excluding hydrogens is 284 g/mol. The van der Waals surface area contributed by atoms with E-state index in [1.54, 1.807) is 11.1 Å². The molecule has 120 valence electrons. The van der Waals surface area contributed by atoms with E-state index in [0.29, 0.717) is 6.04 Å². The summed E-state index contributed by atoms with van der Waals surface area (Å²) in [6, 6.07) is 9.67. The molecule has 1 aliphatic heterocycles. The molecule has 4 rings (SSSR count). The Morgan fingerprint density at radius 2 is 1.91 bits per heavy atom. The first-order valence-electron chi connectivity index (χ1n) is 8.77. The van der Waals surface area contributed by atoms with Crippen molar-refractivity contribution in [2.24, 2.45) is 0 Å². The summed E-state index contributed by atoms with van der Waals surface area (Å²) in [5, 5.41) is 3.35. The summed E-state index contributed by atoms with van der Waals surface area (Å²) < 4.78 is 5.84. The monoisotopic (exact) mass is 308 g/mol. The van der Waals surface area contributed by atoms with Crippen LogP contribution >= 0.6 is 0 Å². The molecule has 0 saturated carbocycles. The summed E-state index contributed by atoms with van der Waals surface area (Å²) in [6.45, 7) is 1.86. The van der Waals surface area contributed by atoms with Gasteiger partial charge in [0.15, 0.2) is 0 Å². The first-order valence-corrected chi connectivity index (χ1v) is 8.77. The van der Waals surface area contributed by atoms with Crippen LogP contribution in [0.5, 0.6) is 5.75 Å². The fourth-order valence-electron chi connectivity index (χ4n) is 3.44. The van der Waals surface area contributed by atoms with Gasteiger partial charge in [0.25, 0.3) is 0 Å². The number of pyridine rings is 1. The van der Waals surface area contributed by atoms with Crippen molar-refractivity contribution in [3.8, 4) is 5.75 Å². The lowest BCUT2D eigenvalue weighted by Crippen LogP contribution is -2.46. The zero-order chi connectivity index (χ0) is 15.5. The van der Waals surface area contributed by atoms with Crippen molar-refractivity contribution in [3.05, 3.63) is 58.9 Å². The van der Waals surface area contributed by atoms with Crippen molar-refractivity contribution in [3.63, 3.8) is 0 Å². The number of aromatic nitrogens is 1. The Kier molecular flexibility index (Phi) is 4.29. The van der Waals surface area contributed by atoms with Crippen LogP contribution in [0.25, 0.3) is 0 Å². The van der Waals surface area contributed by atoms with Crippen LogP contribution in [0, 0.1) is 0 Å². The Morgan fingerprint density at radius 1 is 1.04 bits per heavy atom. The molecule has 0 unspecified atom stereocenters. The first-order chi connectivity index (χ1) is 11.4. The number of hydrogen-bond donors (Lipinski definition) is 1. The zero-order valence-corrected chi connectivity index (χ0v) is 13.6. The van der Waals surface area contributed by atoms with Crippen molar-refractivity contribution >= 4 is 0 Å². The molecule has 1 fully saturated rings. The SMILES string of the molecule is c1cc2c(cc1CCc1cncc(OC[C@@H]3CCN3)c1)CCC2. The van der Waals surface area contributed by atoms with E-state index < -0.39 is 0 Å². The number of ether oxygens (including phenoxy) is 1. The predicted molar refractivity (Wildman–Crippen MR) is 92.0 cm³/mol. The van der Waals surface area contributed by atoms with Crippen LogP contribution in [0.4, 0.5) is 0 Å². The number of rotatable bonds is 6. The maximum atomic E-state index is 5.84. The van der Waals surface area contributed by atoms with Gasteiger partial charge < -0.3 is 10.1 Å². The third kappa shape index (κ3) is 3.56. The van der Waals surface area contributed by atoms with Gasteiger partial charge in [0.2, 0.25) is 0 Å². The Bertz CT molecular complexity index is 679. The van der Waals surface area contributed by atoms with E-state index in [0.717, 1.165) is 31.7 Å². The minimum absolute atomic E-state index is 0.519. The van der Waals surface area contributed by atoms with Gasteiger partial charge in [-0.15, -0.1) is 0 Å². The Hall–Kier alpha value is -1.87. The highest BCUT2D eigenvalue weighted by Gasteiger charge is 2.16. The van der Waals surface area contributed by atoms with Crippen molar-refractivity contribution in [2.75, 3.05) is 13.2 Å². The molecular formula is C20H24N2O. The van der Waals surface area contributed by atoms with Gasteiger partial charge in [-0.05, 0) is 73.4 Å². The molecule has 2 aromatic rings. The van der Waals surface area contributed by atoms with E-state index in [2.05, 4.69) is 34.6 Å². The summed E-state index contributed by atoms with van der Waals surface area (Å²) in [5.74, 6) is 0.894. The topological polar surface area (TPSA) is 34.1 Å². The van der Waals surface area contributed by atoms with Crippen LogP contribution in [-0.4, -0.2) is 24.2 Å². The van der Waals surface area contributed by atoms with Gasteiger partial charge in [0.1, 0.15) is 12.4 Å². The standard InChI is InChI=1S/C20H24N2O/c1-2-17-7-6-15(10-18(17)3-1)4-5-16-11-20(13-21-12-16)23-14-19-8-9-22-19/h6-7,10-13,19,22H,1-5,8-9,14H2/t19-/m0/s1. The van der Waals surface area contributed by atoms with Crippen LogP contribution < -0.4 is 10.1 Å². The number of hydrogen-bond acceptors (Lipinski definition) is 3. The number of aryl methyl sites for hydroxylation is 4. The van der Waals surface area contributed by atoms with Gasteiger partial charge in [-0.2, -0.15) is 0 Å². The lowest BCUT2D eigenvalue weighted by atomic mass is 10.0. The molecule has 1 aliphatic carbocycles. The molecule has 2 heterocycles. The quantitative estimate of drug-likeness (QED) is 0.890. The highest BCUT2D eigenvalue weighted by Crippen LogP contribution is 2.23. The average Bonchev–Trinajstić information content (AvgIpc) is 2.99. The highest BCUT2D eigenvalue weighted by atomic mass is 16.5. The fourth-order valence-corrected chi connectivity index (χ4v) is 3.44. The van der Waals surface area contributed by atoms with E-state index in [1.807, 2.05) is 12.4 Å². The minimum atomic E-state index is 0.519. The highest BCUT2D eigenvalue weighted by molar-refractivity contribution is 5.36. The maximum Gasteiger partial charge on any atom is 0.137 e. The number of benzene rings is 1. The Labute approximate surface area is 138 Å². The molecule has 1 atom stereocenters. The van der Waals surface area contributed by atoms with Crippen LogP contribution in [0.2, 0.25) is 0 Å². The smallest absolute Gasteiger partial charge is 0.137 e. The summed E-state index contributed by atoms with van der Waals surface area (Å²) >= 11 is 0. The van der Waals surface area contributed by atoms with Gasteiger partial charge in [-0.3, -0.25) is 4.98 Å². The van der Waals surface area contributed by atoms with E-state index in [9.17, 15) is 0 Å². The van der Waals surface area contributed by atoms with Crippen LogP contribution in [-0.2, 0) is 25.7 Å². The summed E-state index contributed by atoms with van der Waals surface area (Å²) in [7, 11) is 0. The maximum absolute atomic E-state index is 5.84. The molecule has 0 spiro atoms. The third-order valence-electron chi connectivity index (χ3n) is 5.01. The molecule has 0 radical (unpaired) electrons. The van der Waals surface area contributed by atoms with E-state index in [-0.39, 0.29) is 0 Å². The Balaban J connectivity index is 1.34. The molecule has 3 heteroatoms. The van der Waals surface area contributed by atoms with Gasteiger partial charge in [0.05, 0.1) is 6.20 Å². The van der Waals surface area contributed by atoms with E-state index in [1.165, 1.54) is 36.8 Å². The van der Waals surface area contributed by atoms with Crippen molar-refractivity contribution in [2.45, 2.75) is 44.6 Å². The summed E-state index contributed by atoms with van der Waals surface area (Å²) in [5.41, 5.74) is 5.81. The van der Waals surface area contributed by atoms with Gasteiger partial charge >= 0.3 is 0 Å². The second kappa shape index (κ2) is 6.71. The lowest BCUT2D eigenvalue weighted by Gasteiger charge is -2.27. The van der Waals surface area contributed by atoms with E-state index in [4.69, 9.17) is 4.74 Å². The van der Waals surface area contributed by atoms with Gasteiger partial charge in [-0.25, -0.2) is 0 Å². The van der Waals surface area contributed by atoms with Crippen LogP contribution in [0.1, 0.15) is 35.1 Å². The van der Waals surface area contributed by atoms with E-state index >= 15 is 0 Å². The molecule has 0 amide bonds. The number of nitrogens with zero attached hydrogens (tertiary/aromatic N) is 1. The zero-order valence-electron chi connectivity index (χ0n) is 13.6. The molecule has 1 aromatic heterocycles. The van der Waals surface area contributed by atoms with Crippen LogP contribution in [0.3, 0.4) is 0 Å². The predicted octanol–water partition coefficient (Wildman–Crippen LogP) is 3.10. The lowest BCUT2D eigenvalue weighted by molar-refractivity contribution is 0.217. The summed E-state index contributed by atoms with van der Waals surface area (Å²) in [6.07, 6.45) is 10.9. The fraction of sp³-hybridized carbons (Fsp3) is 0.450. The number of fused-ring (bicyclic) bond motifs is 1. The summed E-state index contributed by atoms with van der Waals surface area (Å²) in [4.78, 5) is 4.33. The molecule has 1 aromatic carbocycles. The minimum Gasteiger partial charge on any atom is -0.490 e. The second-order valence-electron chi connectivity index (χ2n) is 6.74. The van der Waals surface area contributed by atoms with Crippen molar-refractivity contribution < 1.29 is 4.74 Å².